The van der Waals surface area contributed by atoms with Gasteiger partial charge in [0.1, 0.15) is 5.82 Å². The molecule has 3 nitrogen and oxygen atoms in total. The van der Waals surface area contributed by atoms with Crippen LogP contribution in [0, 0.1) is 18.2 Å². The molecule has 0 spiro atoms. The fourth-order valence-corrected chi connectivity index (χ4v) is 1.61. The highest BCUT2D eigenvalue weighted by Gasteiger charge is 2.36. The van der Waals surface area contributed by atoms with E-state index >= 15 is 0 Å². The normalized spacial score (nSPS) is 12.6. The first kappa shape index (κ1) is 16.9. The third kappa shape index (κ3) is 3.21. The number of rotatable bonds is 3. The highest BCUT2D eigenvalue weighted by Crippen LogP contribution is 2.32. The van der Waals surface area contributed by atoms with Crippen molar-refractivity contribution in [3.05, 3.63) is 35.1 Å². The van der Waals surface area contributed by atoms with Gasteiger partial charge in [0.25, 0.3) is 0 Å². The molecule has 0 aromatic heterocycles. The largest absolute Gasteiger partial charge is 0.469 e. The van der Waals surface area contributed by atoms with Crippen molar-refractivity contribution < 1.29 is 13.9 Å². The summed E-state index contributed by atoms with van der Waals surface area (Å²) in [6.45, 7) is 5.04. The summed E-state index contributed by atoms with van der Waals surface area (Å²) in [4.78, 5) is 11.6. The Kier molecular flexibility index (Phi) is 5.77. The van der Waals surface area contributed by atoms with Crippen LogP contribution >= 0.6 is 12.4 Å². The summed E-state index contributed by atoms with van der Waals surface area (Å²) in [5.74, 6) is -0.732. The second-order valence-electron chi connectivity index (χ2n) is 4.70. The summed E-state index contributed by atoms with van der Waals surface area (Å²) in [7, 11) is 1.31. The number of methoxy groups -OCH3 is 1. The summed E-state index contributed by atoms with van der Waals surface area (Å²) in [5.41, 5.74) is 6.25. The SMILES string of the molecule is COC(=O)C(C)(C)[C@@H](N)c1ccc(C)c(F)c1.Cl. The molecule has 0 amide bonds. The molecule has 18 heavy (non-hydrogen) atoms. The lowest BCUT2D eigenvalue weighted by Crippen LogP contribution is -2.37. The van der Waals surface area contributed by atoms with Crippen molar-refractivity contribution in [1.29, 1.82) is 0 Å². The van der Waals surface area contributed by atoms with Crippen LogP contribution in [-0.2, 0) is 9.53 Å². The van der Waals surface area contributed by atoms with E-state index in [1.54, 1.807) is 32.9 Å². The van der Waals surface area contributed by atoms with Gasteiger partial charge in [-0.2, -0.15) is 0 Å². The molecule has 0 fully saturated rings. The monoisotopic (exact) mass is 275 g/mol. The molecule has 1 rings (SSSR count). The Labute approximate surface area is 113 Å². The van der Waals surface area contributed by atoms with Gasteiger partial charge in [-0.3, -0.25) is 4.79 Å². The number of benzene rings is 1. The molecule has 5 heteroatoms. The van der Waals surface area contributed by atoms with Crippen LogP contribution in [0.3, 0.4) is 0 Å². The average molecular weight is 276 g/mol. The van der Waals surface area contributed by atoms with E-state index in [1.165, 1.54) is 13.2 Å². The second kappa shape index (κ2) is 6.16. The van der Waals surface area contributed by atoms with Crippen molar-refractivity contribution in [3.63, 3.8) is 0 Å². The highest BCUT2D eigenvalue weighted by molar-refractivity contribution is 5.85. The Morgan fingerprint density at radius 3 is 2.44 bits per heavy atom. The molecule has 0 aliphatic heterocycles. The predicted molar refractivity (Wildman–Crippen MR) is 71.1 cm³/mol. The van der Waals surface area contributed by atoms with Crippen LogP contribution in [0.4, 0.5) is 4.39 Å². The minimum Gasteiger partial charge on any atom is -0.469 e. The van der Waals surface area contributed by atoms with Gasteiger partial charge in [0.05, 0.1) is 12.5 Å². The Hall–Kier alpha value is -1.13. The predicted octanol–water partition coefficient (Wildman–Crippen LogP) is 2.75. The zero-order chi connectivity index (χ0) is 13.2. The highest BCUT2D eigenvalue weighted by atomic mass is 35.5. The quantitative estimate of drug-likeness (QED) is 0.863. The van der Waals surface area contributed by atoms with E-state index in [9.17, 15) is 9.18 Å². The molecular formula is C13H19ClFNO2. The molecule has 0 aliphatic carbocycles. The molecule has 2 N–H and O–H groups in total. The first-order chi connectivity index (χ1) is 7.80. The molecule has 102 valence electrons. The number of hydrogen-bond acceptors (Lipinski definition) is 3. The van der Waals surface area contributed by atoms with Crippen LogP contribution in [0.5, 0.6) is 0 Å². The van der Waals surface area contributed by atoms with Gasteiger partial charge in [-0.05, 0) is 38.0 Å². The van der Waals surface area contributed by atoms with Gasteiger partial charge in [0, 0.05) is 6.04 Å². The van der Waals surface area contributed by atoms with Crippen LogP contribution in [0.2, 0.25) is 0 Å². The third-order valence-corrected chi connectivity index (χ3v) is 3.04. The molecule has 0 unspecified atom stereocenters. The van der Waals surface area contributed by atoms with Gasteiger partial charge >= 0.3 is 5.97 Å². The third-order valence-electron chi connectivity index (χ3n) is 3.04. The topological polar surface area (TPSA) is 52.3 Å². The zero-order valence-corrected chi connectivity index (χ0v) is 11.8. The first-order valence-corrected chi connectivity index (χ1v) is 5.40. The number of ether oxygens (including phenoxy) is 1. The van der Waals surface area contributed by atoms with Gasteiger partial charge in [-0.15, -0.1) is 12.4 Å². The molecule has 0 radical (unpaired) electrons. The number of carbonyl (C=O) groups is 1. The molecule has 0 heterocycles. The maximum atomic E-state index is 13.4. The number of aryl methyl sites for hydroxylation is 1. The smallest absolute Gasteiger partial charge is 0.313 e. The van der Waals surface area contributed by atoms with Crippen molar-refractivity contribution in [2.45, 2.75) is 26.8 Å². The minimum absolute atomic E-state index is 0. The standard InChI is InChI=1S/C13H18FNO2.ClH/c1-8-5-6-9(7-10(8)14)11(15)13(2,3)12(16)17-4;/h5-7,11H,15H2,1-4H3;1H/t11-;/m0./s1. The molecule has 0 saturated heterocycles. The van der Waals surface area contributed by atoms with Crippen molar-refractivity contribution >= 4 is 18.4 Å². The molecule has 1 aromatic rings. The van der Waals surface area contributed by atoms with E-state index in [0.29, 0.717) is 11.1 Å². The summed E-state index contributed by atoms with van der Waals surface area (Å²) in [6.07, 6.45) is 0. The van der Waals surface area contributed by atoms with Crippen LogP contribution < -0.4 is 5.73 Å². The molecule has 0 aliphatic rings. The van der Waals surface area contributed by atoms with Crippen molar-refractivity contribution in [2.75, 3.05) is 7.11 Å². The Morgan fingerprint density at radius 1 is 1.44 bits per heavy atom. The fourth-order valence-electron chi connectivity index (χ4n) is 1.61. The number of nitrogens with two attached hydrogens (primary N) is 1. The molecule has 0 saturated carbocycles. The van der Waals surface area contributed by atoms with Gasteiger partial charge < -0.3 is 10.5 Å². The van der Waals surface area contributed by atoms with Crippen LogP contribution in [-0.4, -0.2) is 13.1 Å². The van der Waals surface area contributed by atoms with E-state index in [0.717, 1.165) is 0 Å². The zero-order valence-electron chi connectivity index (χ0n) is 11.0. The van der Waals surface area contributed by atoms with Crippen molar-refractivity contribution in [2.24, 2.45) is 11.1 Å². The summed E-state index contributed by atoms with van der Waals surface area (Å²) < 4.78 is 18.1. The molecule has 1 aromatic carbocycles. The molecule has 0 bridgehead atoms. The number of esters is 1. The Morgan fingerprint density at radius 2 is 2.00 bits per heavy atom. The number of halogens is 2. The minimum atomic E-state index is -0.892. The second-order valence-corrected chi connectivity index (χ2v) is 4.70. The summed E-state index contributed by atoms with van der Waals surface area (Å²) in [6, 6.07) is 4.14. The fraction of sp³-hybridized carbons (Fsp3) is 0.462. The average Bonchev–Trinajstić information content (AvgIpc) is 2.30. The lowest BCUT2D eigenvalue weighted by Gasteiger charge is -2.29. The van der Waals surface area contributed by atoms with Crippen molar-refractivity contribution in [3.8, 4) is 0 Å². The van der Waals surface area contributed by atoms with Gasteiger partial charge in [-0.1, -0.05) is 12.1 Å². The van der Waals surface area contributed by atoms with Gasteiger partial charge in [-0.25, -0.2) is 4.39 Å². The molecule has 1 atom stereocenters. The van der Waals surface area contributed by atoms with E-state index in [1.807, 2.05) is 0 Å². The van der Waals surface area contributed by atoms with E-state index in [-0.39, 0.29) is 18.2 Å². The molecular weight excluding hydrogens is 257 g/mol. The van der Waals surface area contributed by atoms with Crippen LogP contribution in [0.1, 0.15) is 31.0 Å². The Bertz CT molecular complexity index is 435. The van der Waals surface area contributed by atoms with Crippen molar-refractivity contribution in [1.82, 2.24) is 0 Å². The van der Waals surface area contributed by atoms with Gasteiger partial charge in [0.2, 0.25) is 0 Å². The Balaban J connectivity index is 0.00000289. The maximum Gasteiger partial charge on any atom is 0.313 e. The van der Waals surface area contributed by atoms with Crippen LogP contribution in [0.25, 0.3) is 0 Å². The summed E-state index contributed by atoms with van der Waals surface area (Å²) >= 11 is 0. The maximum absolute atomic E-state index is 13.4. The number of carbonyl (C=O) groups excluding carboxylic acids is 1. The number of hydrogen-bond donors (Lipinski definition) is 1. The van der Waals surface area contributed by atoms with E-state index < -0.39 is 17.4 Å². The van der Waals surface area contributed by atoms with E-state index in [2.05, 4.69) is 0 Å². The lowest BCUT2D eigenvalue weighted by molar-refractivity contribution is -0.152. The lowest BCUT2D eigenvalue weighted by atomic mass is 9.81. The van der Waals surface area contributed by atoms with E-state index in [4.69, 9.17) is 10.5 Å². The van der Waals surface area contributed by atoms with Gasteiger partial charge in [0.15, 0.2) is 0 Å². The summed E-state index contributed by atoms with van der Waals surface area (Å²) in [5, 5.41) is 0. The van der Waals surface area contributed by atoms with Crippen LogP contribution in [0.15, 0.2) is 18.2 Å². The first-order valence-electron chi connectivity index (χ1n) is 5.40.